The predicted octanol–water partition coefficient (Wildman–Crippen LogP) is 4.65. The number of aromatic amines is 1. The lowest BCUT2D eigenvalue weighted by Crippen LogP contribution is -2.48. The average molecular weight is 601 g/mol. The van der Waals surface area contributed by atoms with Gasteiger partial charge in [-0.25, -0.2) is 4.98 Å². The number of ether oxygens (including phenoxy) is 1. The van der Waals surface area contributed by atoms with E-state index in [1.54, 1.807) is 0 Å². The highest BCUT2D eigenvalue weighted by molar-refractivity contribution is 6.35. The maximum Gasteiger partial charge on any atom is 0.246 e. The highest BCUT2D eigenvalue weighted by atomic mass is 35.5. The second-order valence-electron chi connectivity index (χ2n) is 12.1. The largest absolute Gasteiger partial charge is 0.487 e. The van der Waals surface area contributed by atoms with Crippen LogP contribution in [0.4, 0.5) is 11.8 Å². The zero-order valence-electron chi connectivity index (χ0n) is 24.9. The van der Waals surface area contributed by atoms with Gasteiger partial charge in [-0.3, -0.25) is 9.89 Å². The molecule has 2 saturated heterocycles. The summed E-state index contributed by atoms with van der Waals surface area (Å²) in [7, 11) is 4.25. The van der Waals surface area contributed by atoms with Crippen molar-refractivity contribution in [2.75, 3.05) is 63.2 Å². The van der Waals surface area contributed by atoms with Gasteiger partial charge in [-0.2, -0.15) is 10.1 Å². The van der Waals surface area contributed by atoms with Crippen LogP contribution in [0.2, 0.25) is 5.02 Å². The highest BCUT2D eigenvalue weighted by Gasteiger charge is 2.33. The highest BCUT2D eigenvalue weighted by Crippen LogP contribution is 2.49. The van der Waals surface area contributed by atoms with E-state index in [9.17, 15) is 4.79 Å². The van der Waals surface area contributed by atoms with E-state index in [2.05, 4.69) is 58.6 Å². The van der Waals surface area contributed by atoms with E-state index in [4.69, 9.17) is 26.3 Å². The number of likely N-dealkylation sites (N-methyl/N-ethyl adjacent to an activating group) is 1. The van der Waals surface area contributed by atoms with Crippen molar-refractivity contribution < 1.29 is 9.53 Å². The molecule has 3 fully saturated rings. The topological polar surface area (TPSA) is 93.7 Å². The number of H-pyrrole nitrogens is 1. The minimum absolute atomic E-state index is 0.0451. The summed E-state index contributed by atoms with van der Waals surface area (Å²) in [6.45, 7) is 9.97. The minimum Gasteiger partial charge on any atom is -0.487 e. The molecule has 11 heteroatoms. The van der Waals surface area contributed by atoms with E-state index < -0.39 is 0 Å². The zero-order valence-corrected chi connectivity index (χ0v) is 25.7. The standard InChI is InChI=1S/C32H37ClN8O2/c1-5-26(42)39-12-14-40(15-13-39)31-22-16-24(33)28(27-19(2)6-9-25-23(27)17-34-37-25)30(43-21-7-8-21)29(22)35-32(36-31)41-11-10-20(18-41)38(3)4/h5-6,9,16-17,20-21H,1,7-8,10-15,18H2,2-4H3,(H,34,37). The summed E-state index contributed by atoms with van der Waals surface area (Å²) in [5.74, 6) is 2.18. The molecule has 1 amide bonds. The molecule has 1 atom stereocenters. The van der Waals surface area contributed by atoms with Crippen molar-refractivity contribution >= 4 is 51.1 Å². The lowest BCUT2D eigenvalue weighted by Gasteiger charge is -2.36. The van der Waals surface area contributed by atoms with E-state index in [0.29, 0.717) is 48.9 Å². The summed E-state index contributed by atoms with van der Waals surface area (Å²) in [4.78, 5) is 31.4. The number of piperazine rings is 1. The van der Waals surface area contributed by atoms with Crippen LogP contribution in [0, 0.1) is 6.92 Å². The number of rotatable bonds is 7. The van der Waals surface area contributed by atoms with E-state index in [1.807, 2.05) is 23.2 Å². The number of nitrogens with one attached hydrogen (secondary N) is 1. The SMILES string of the molecule is C=CC(=O)N1CCN(c2nc(N3CCC(N(C)C)C3)nc3c(OC4CC4)c(-c4c(C)ccc5[nH]ncc45)c(Cl)cc23)CC1. The molecule has 224 valence electrons. The number of amides is 1. The number of carbonyl (C=O) groups is 1. The third-order valence-electron chi connectivity index (χ3n) is 9.00. The van der Waals surface area contributed by atoms with Gasteiger partial charge in [0.1, 0.15) is 11.3 Å². The van der Waals surface area contributed by atoms with Crippen molar-refractivity contribution in [1.29, 1.82) is 0 Å². The molecule has 7 rings (SSSR count). The normalized spacial score (nSPS) is 19.2. The van der Waals surface area contributed by atoms with Crippen molar-refractivity contribution in [3.8, 4) is 16.9 Å². The first-order chi connectivity index (χ1) is 20.8. The van der Waals surface area contributed by atoms with Gasteiger partial charge in [0, 0.05) is 67.2 Å². The second-order valence-corrected chi connectivity index (χ2v) is 12.5. The van der Waals surface area contributed by atoms with Gasteiger partial charge >= 0.3 is 0 Å². The molecule has 1 N–H and O–H groups in total. The molecular formula is C32H37ClN8O2. The number of benzene rings is 2. The third kappa shape index (κ3) is 5.06. The summed E-state index contributed by atoms with van der Waals surface area (Å²) in [6.07, 6.45) is 6.42. The number of carbonyl (C=O) groups excluding carboxylic acids is 1. The van der Waals surface area contributed by atoms with Crippen LogP contribution in [0.1, 0.15) is 24.8 Å². The van der Waals surface area contributed by atoms with Crippen LogP contribution in [0.25, 0.3) is 32.9 Å². The molecule has 0 spiro atoms. The number of halogens is 1. The minimum atomic E-state index is -0.0451. The Morgan fingerprint density at radius 3 is 2.56 bits per heavy atom. The van der Waals surface area contributed by atoms with Gasteiger partial charge in [0.05, 0.1) is 22.8 Å². The third-order valence-corrected chi connectivity index (χ3v) is 9.30. The fourth-order valence-electron chi connectivity index (χ4n) is 6.33. The van der Waals surface area contributed by atoms with Crippen molar-refractivity contribution in [2.24, 2.45) is 0 Å². The van der Waals surface area contributed by atoms with E-state index >= 15 is 0 Å². The van der Waals surface area contributed by atoms with Crippen molar-refractivity contribution in [2.45, 2.75) is 38.3 Å². The number of aryl methyl sites for hydroxylation is 1. The van der Waals surface area contributed by atoms with Gasteiger partial charge in [0.15, 0.2) is 5.75 Å². The van der Waals surface area contributed by atoms with Gasteiger partial charge in [0.2, 0.25) is 11.9 Å². The van der Waals surface area contributed by atoms with Gasteiger partial charge in [-0.15, -0.1) is 0 Å². The Hall–Kier alpha value is -3.89. The van der Waals surface area contributed by atoms with E-state index in [1.165, 1.54) is 6.08 Å². The first kappa shape index (κ1) is 27.9. The molecule has 3 aliphatic rings. The molecule has 4 heterocycles. The Morgan fingerprint density at radius 2 is 1.86 bits per heavy atom. The summed E-state index contributed by atoms with van der Waals surface area (Å²) < 4.78 is 6.75. The molecule has 1 unspecified atom stereocenters. The maximum absolute atomic E-state index is 12.3. The van der Waals surface area contributed by atoms with Crippen LogP contribution in [-0.4, -0.2) is 101 Å². The molecule has 2 aliphatic heterocycles. The lowest BCUT2D eigenvalue weighted by molar-refractivity contribution is -0.126. The van der Waals surface area contributed by atoms with Crippen LogP contribution in [0.15, 0.2) is 37.1 Å². The van der Waals surface area contributed by atoms with Gasteiger partial charge in [-0.05, 0) is 64.1 Å². The van der Waals surface area contributed by atoms with E-state index in [-0.39, 0.29) is 12.0 Å². The molecule has 0 radical (unpaired) electrons. The van der Waals surface area contributed by atoms with Gasteiger partial charge in [-0.1, -0.05) is 24.2 Å². The van der Waals surface area contributed by atoms with Gasteiger partial charge in [0.25, 0.3) is 0 Å². The first-order valence-corrected chi connectivity index (χ1v) is 15.4. The van der Waals surface area contributed by atoms with Crippen LogP contribution in [0.3, 0.4) is 0 Å². The predicted molar refractivity (Wildman–Crippen MR) is 171 cm³/mol. The molecular weight excluding hydrogens is 564 g/mol. The molecule has 2 aromatic carbocycles. The first-order valence-electron chi connectivity index (χ1n) is 15.0. The van der Waals surface area contributed by atoms with Crippen molar-refractivity contribution in [3.05, 3.63) is 47.6 Å². The number of fused-ring (bicyclic) bond motifs is 2. The Bertz CT molecular complexity index is 1720. The molecule has 0 bridgehead atoms. The molecule has 43 heavy (non-hydrogen) atoms. The zero-order chi connectivity index (χ0) is 29.8. The summed E-state index contributed by atoms with van der Waals surface area (Å²) in [5.41, 5.74) is 4.64. The Labute approximate surface area is 256 Å². The van der Waals surface area contributed by atoms with Crippen LogP contribution >= 0.6 is 11.6 Å². The number of hydrogen-bond acceptors (Lipinski definition) is 8. The fraction of sp³-hybridized carbons (Fsp3) is 0.438. The average Bonchev–Trinajstić information content (AvgIpc) is 3.47. The second kappa shape index (κ2) is 11.0. The smallest absolute Gasteiger partial charge is 0.246 e. The summed E-state index contributed by atoms with van der Waals surface area (Å²) in [5, 5.41) is 9.87. The Balaban J connectivity index is 1.43. The number of anilines is 2. The Kier molecular flexibility index (Phi) is 7.13. The summed E-state index contributed by atoms with van der Waals surface area (Å²) in [6, 6.07) is 6.56. The van der Waals surface area contributed by atoms with Crippen LogP contribution in [0.5, 0.6) is 5.75 Å². The quantitative estimate of drug-likeness (QED) is 0.307. The monoisotopic (exact) mass is 600 g/mol. The van der Waals surface area contributed by atoms with Gasteiger partial charge < -0.3 is 24.3 Å². The van der Waals surface area contributed by atoms with Crippen molar-refractivity contribution in [3.63, 3.8) is 0 Å². The fourth-order valence-corrected chi connectivity index (χ4v) is 6.62. The molecule has 1 aliphatic carbocycles. The lowest BCUT2D eigenvalue weighted by atomic mass is 9.94. The Morgan fingerprint density at radius 1 is 1.07 bits per heavy atom. The van der Waals surface area contributed by atoms with Crippen LogP contribution < -0.4 is 14.5 Å². The van der Waals surface area contributed by atoms with E-state index in [0.717, 1.165) is 76.7 Å². The molecule has 4 aromatic rings. The maximum atomic E-state index is 12.3. The number of hydrogen-bond donors (Lipinski definition) is 1. The number of aromatic nitrogens is 4. The number of nitrogens with zero attached hydrogens (tertiary/aromatic N) is 7. The molecule has 1 saturated carbocycles. The molecule has 10 nitrogen and oxygen atoms in total. The van der Waals surface area contributed by atoms with Crippen LogP contribution in [-0.2, 0) is 4.79 Å². The molecule has 2 aromatic heterocycles. The summed E-state index contributed by atoms with van der Waals surface area (Å²) >= 11 is 7.24. The van der Waals surface area contributed by atoms with Crippen molar-refractivity contribution in [1.82, 2.24) is 30.0 Å².